The average Bonchev–Trinajstić information content (AvgIpc) is 2.34. The van der Waals surface area contributed by atoms with Crippen LogP contribution >= 0.6 is 23.2 Å². The standard InChI is InChI=1S/C12H13Cl2F2NO/c13-4-6-17(7-5-14)11(18)8-9-2-1-3-10(15)12(9)16/h1-3H,4-8H2. The summed E-state index contributed by atoms with van der Waals surface area (Å²) in [6, 6.07) is 3.77. The predicted octanol–water partition coefficient (Wildman–Crippen LogP) is 2.81. The number of nitrogens with zero attached hydrogens (tertiary/aromatic N) is 1. The number of hydrogen-bond acceptors (Lipinski definition) is 1. The molecule has 18 heavy (non-hydrogen) atoms. The molecule has 0 aliphatic carbocycles. The molecule has 1 rings (SSSR count). The molecule has 0 radical (unpaired) electrons. The summed E-state index contributed by atoms with van der Waals surface area (Å²) in [5.41, 5.74) is 0.0362. The SMILES string of the molecule is O=C(Cc1cccc(F)c1F)N(CCCl)CCCl. The predicted molar refractivity (Wildman–Crippen MR) is 68.1 cm³/mol. The molecule has 0 atom stereocenters. The zero-order valence-electron chi connectivity index (χ0n) is 9.63. The van der Waals surface area contributed by atoms with Gasteiger partial charge in [-0.05, 0) is 6.07 Å². The molecule has 1 aromatic rings. The van der Waals surface area contributed by atoms with Crippen LogP contribution in [0.2, 0.25) is 0 Å². The molecule has 0 fully saturated rings. The van der Waals surface area contributed by atoms with E-state index in [-0.39, 0.29) is 29.7 Å². The van der Waals surface area contributed by atoms with Gasteiger partial charge in [-0.2, -0.15) is 0 Å². The smallest absolute Gasteiger partial charge is 0.227 e. The zero-order valence-corrected chi connectivity index (χ0v) is 11.1. The van der Waals surface area contributed by atoms with Crippen LogP contribution in [0.5, 0.6) is 0 Å². The van der Waals surface area contributed by atoms with Crippen molar-refractivity contribution in [2.45, 2.75) is 6.42 Å². The fourth-order valence-electron chi connectivity index (χ4n) is 1.52. The number of amides is 1. The second-order valence-electron chi connectivity index (χ2n) is 3.65. The van der Waals surface area contributed by atoms with Crippen molar-refractivity contribution in [3.05, 3.63) is 35.4 Å². The van der Waals surface area contributed by atoms with Gasteiger partial charge in [0.2, 0.25) is 5.91 Å². The minimum atomic E-state index is -0.984. The van der Waals surface area contributed by atoms with Crippen molar-refractivity contribution in [1.29, 1.82) is 0 Å². The summed E-state index contributed by atoms with van der Waals surface area (Å²) in [4.78, 5) is 13.3. The Hall–Kier alpha value is -0.870. The van der Waals surface area contributed by atoms with Crippen molar-refractivity contribution in [3.8, 4) is 0 Å². The van der Waals surface area contributed by atoms with Gasteiger partial charge in [0.15, 0.2) is 11.6 Å². The number of alkyl halides is 2. The van der Waals surface area contributed by atoms with Gasteiger partial charge in [0.25, 0.3) is 0 Å². The number of halogens is 4. The Labute approximate surface area is 114 Å². The molecule has 1 amide bonds. The van der Waals surface area contributed by atoms with Crippen molar-refractivity contribution in [2.24, 2.45) is 0 Å². The lowest BCUT2D eigenvalue weighted by Crippen LogP contribution is -2.35. The maximum atomic E-state index is 13.4. The van der Waals surface area contributed by atoms with E-state index < -0.39 is 11.6 Å². The molecule has 0 heterocycles. The highest BCUT2D eigenvalue weighted by atomic mass is 35.5. The highest BCUT2D eigenvalue weighted by Crippen LogP contribution is 2.13. The molecule has 0 saturated heterocycles. The van der Waals surface area contributed by atoms with Crippen molar-refractivity contribution < 1.29 is 13.6 Å². The van der Waals surface area contributed by atoms with E-state index >= 15 is 0 Å². The van der Waals surface area contributed by atoms with Gasteiger partial charge < -0.3 is 4.90 Å². The zero-order chi connectivity index (χ0) is 13.5. The van der Waals surface area contributed by atoms with Crippen molar-refractivity contribution in [2.75, 3.05) is 24.8 Å². The fraction of sp³-hybridized carbons (Fsp3) is 0.417. The third kappa shape index (κ3) is 4.10. The lowest BCUT2D eigenvalue weighted by molar-refractivity contribution is -0.130. The van der Waals surface area contributed by atoms with E-state index in [1.807, 2.05) is 0 Å². The Morgan fingerprint density at radius 1 is 1.17 bits per heavy atom. The van der Waals surface area contributed by atoms with Crippen LogP contribution in [-0.4, -0.2) is 35.7 Å². The van der Waals surface area contributed by atoms with E-state index in [9.17, 15) is 13.6 Å². The summed E-state index contributed by atoms with van der Waals surface area (Å²) >= 11 is 11.1. The molecule has 0 unspecified atom stereocenters. The summed E-state index contributed by atoms with van der Waals surface area (Å²) in [7, 11) is 0. The minimum Gasteiger partial charge on any atom is -0.340 e. The quantitative estimate of drug-likeness (QED) is 0.739. The van der Waals surface area contributed by atoms with Crippen molar-refractivity contribution in [1.82, 2.24) is 4.90 Å². The second kappa shape index (κ2) is 7.54. The largest absolute Gasteiger partial charge is 0.340 e. The lowest BCUT2D eigenvalue weighted by atomic mass is 10.1. The van der Waals surface area contributed by atoms with Gasteiger partial charge in [-0.15, -0.1) is 23.2 Å². The molecule has 0 aliphatic heterocycles. The Morgan fingerprint density at radius 2 is 1.78 bits per heavy atom. The number of carbonyl (C=O) groups excluding carboxylic acids is 1. The Balaban J connectivity index is 2.75. The van der Waals surface area contributed by atoms with Gasteiger partial charge in [-0.25, -0.2) is 8.78 Å². The summed E-state index contributed by atoms with van der Waals surface area (Å²) in [5.74, 6) is -1.72. The van der Waals surface area contributed by atoms with Crippen LogP contribution in [-0.2, 0) is 11.2 Å². The first-order chi connectivity index (χ1) is 8.60. The van der Waals surface area contributed by atoms with Gasteiger partial charge in [0.05, 0.1) is 6.42 Å². The van der Waals surface area contributed by atoms with Crippen LogP contribution in [0, 0.1) is 11.6 Å². The lowest BCUT2D eigenvalue weighted by Gasteiger charge is -2.20. The monoisotopic (exact) mass is 295 g/mol. The number of hydrogen-bond donors (Lipinski definition) is 0. The maximum absolute atomic E-state index is 13.4. The molecular formula is C12H13Cl2F2NO. The summed E-state index contributed by atoms with van der Waals surface area (Å²) in [5, 5.41) is 0. The molecule has 0 aliphatic rings. The van der Waals surface area contributed by atoms with Crippen LogP contribution in [0.25, 0.3) is 0 Å². The van der Waals surface area contributed by atoms with Crippen LogP contribution in [0.4, 0.5) is 8.78 Å². The van der Waals surface area contributed by atoms with Gasteiger partial charge in [0.1, 0.15) is 0 Å². The first-order valence-corrected chi connectivity index (χ1v) is 6.49. The van der Waals surface area contributed by atoms with E-state index in [1.54, 1.807) is 0 Å². The molecule has 0 bridgehead atoms. The molecule has 2 nitrogen and oxygen atoms in total. The molecule has 0 spiro atoms. The third-order valence-corrected chi connectivity index (χ3v) is 2.77. The van der Waals surface area contributed by atoms with Gasteiger partial charge in [-0.3, -0.25) is 4.79 Å². The number of carbonyl (C=O) groups is 1. The number of benzene rings is 1. The number of rotatable bonds is 6. The highest BCUT2D eigenvalue weighted by Gasteiger charge is 2.16. The Bertz CT molecular complexity index is 409. The summed E-state index contributed by atoms with van der Waals surface area (Å²) in [6.45, 7) is 0.675. The van der Waals surface area contributed by atoms with Gasteiger partial charge in [0, 0.05) is 30.4 Å². The molecule has 0 saturated carbocycles. The van der Waals surface area contributed by atoms with E-state index in [0.717, 1.165) is 6.07 Å². The molecule has 1 aromatic carbocycles. The maximum Gasteiger partial charge on any atom is 0.227 e. The fourth-order valence-corrected chi connectivity index (χ4v) is 1.93. The molecule has 6 heteroatoms. The first-order valence-electron chi connectivity index (χ1n) is 5.42. The highest BCUT2D eigenvalue weighted by molar-refractivity contribution is 6.18. The average molecular weight is 296 g/mol. The van der Waals surface area contributed by atoms with Crippen LogP contribution in [0.1, 0.15) is 5.56 Å². The minimum absolute atomic E-state index is 0.0362. The first kappa shape index (κ1) is 15.2. The summed E-state index contributed by atoms with van der Waals surface area (Å²) < 4.78 is 26.4. The Morgan fingerprint density at radius 3 is 2.33 bits per heavy atom. The Kier molecular flexibility index (Phi) is 6.36. The van der Waals surface area contributed by atoms with Gasteiger partial charge in [-0.1, -0.05) is 12.1 Å². The second-order valence-corrected chi connectivity index (χ2v) is 4.40. The topological polar surface area (TPSA) is 20.3 Å². The van der Waals surface area contributed by atoms with E-state index in [1.165, 1.54) is 17.0 Å². The van der Waals surface area contributed by atoms with E-state index in [2.05, 4.69) is 0 Å². The van der Waals surface area contributed by atoms with Crippen LogP contribution < -0.4 is 0 Å². The van der Waals surface area contributed by atoms with Crippen LogP contribution in [0.15, 0.2) is 18.2 Å². The molecule has 0 N–H and O–H groups in total. The third-order valence-electron chi connectivity index (χ3n) is 2.43. The van der Waals surface area contributed by atoms with E-state index in [0.29, 0.717) is 13.1 Å². The summed E-state index contributed by atoms with van der Waals surface area (Å²) in [6.07, 6.45) is -0.197. The molecule has 0 aromatic heterocycles. The van der Waals surface area contributed by atoms with Crippen molar-refractivity contribution >= 4 is 29.1 Å². The van der Waals surface area contributed by atoms with Crippen molar-refractivity contribution in [3.63, 3.8) is 0 Å². The molecule has 100 valence electrons. The van der Waals surface area contributed by atoms with Crippen LogP contribution in [0.3, 0.4) is 0 Å². The van der Waals surface area contributed by atoms with Gasteiger partial charge >= 0.3 is 0 Å². The normalized spacial score (nSPS) is 10.4. The molecular weight excluding hydrogens is 283 g/mol. The van der Waals surface area contributed by atoms with E-state index in [4.69, 9.17) is 23.2 Å².